The van der Waals surface area contributed by atoms with Crippen molar-refractivity contribution in [3.63, 3.8) is 0 Å². The minimum absolute atomic E-state index is 0.0306. The van der Waals surface area contributed by atoms with Crippen molar-refractivity contribution < 1.29 is 18.7 Å². The highest BCUT2D eigenvalue weighted by molar-refractivity contribution is 5.76. The van der Waals surface area contributed by atoms with Crippen LogP contribution < -0.4 is 5.73 Å². The van der Waals surface area contributed by atoms with Crippen LogP contribution in [0.25, 0.3) is 0 Å². The van der Waals surface area contributed by atoms with Crippen molar-refractivity contribution in [3.8, 4) is 5.75 Å². The maximum atomic E-state index is 12.3. The lowest BCUT2D eigenvalue weighted by atomic mass is 10.1. The van der Waals surface area contributed by atoms with E-state index < -0.39 is 23.6 Å². The molecule has 0 aromatic carbocycles. The lowest BCUT2D eigenvalue weighted by Crippen LogP contribution is -2.06. The smallest absolute Gasteiger partial charge is 0.280 e. The molecule has 14 heavy (non-hydrogen) atoms. The largest absolute Gasteiger partial charge is 0.506 e. The molecule has 0 amide bonds. The van der Waals surface area contributed by atoms with E-state index in [2.05, 4.69) is 4.98 Å². The van der Waals surface area contributed by atoms with Gasteiger partial charge >= 0.3 is 0 Å². The SMILES string of the molecule is NCc1cc(O)c(C=O)nc1C(F)F. The number of nitrogens with two attached hydrogens (primary N) is 1. The van der Waals surface area contributed by atoms with E-state index in [1.54, 1.807) is 0 Å². The summed E-state index contributed by atoms with van der Waals surface area (Å²) < 4.78 is 24.7. The van der Waals surface area contributed by atoms with Crippen LogP contribution in [0.1, 0.15) is 28.2 Å². The molecule has 0 atom stereocenters. The lowest BCUT2D eigenvalue weighted by molar-refractivity contribution is 0.111. The Kier molecular flexibility index (Phi) is 3.08. The van der Waals surface area contributed by atoms with E-state index in [1.165, 1.54) is 0 Å². The first-order chi connectivity index (χ1) is 6.60. The van der Waals surface area contributed by atoms with Crippen LogP contribution in [0.3, 0.4) is 0 Å². The second-order valence-corrected chi connectivity index (χ2v) is 2.56. The van der Waals surface area contributed by atoms with Crippen LogP contribution in [0.2, 0.25) is 0 Å². The van der Waals surface area contributed by atoms with Gasteiger partial charge in [-0.15, -0.1) is 0 Å². The molecule has 0 unspecified atom stereocenters. The van der Waals surface area contributed by atoms with E-state index in [4.69, 9.17) is 10.8 Å². The standard InChI is InChI=1S/C8H8F2N2O2/c9-8(10)7-4(2-11)1-6(14)5(3-13)12-7/h1,3,8,14H,2,11H2. The Morgan fingerprint density at radius 2 is 2.29 bits per heavy atom. The monoisotopic (exact) mass is 202 g/mol. The predicted octanol–water partition coefficient (Wildman–Crippen LogP) is 0.996. The average molecular weight is 202 g/mol. The summed E-state index contributed by atoms with van der Waals surface area (Å²) in [6.45, 7) is -0.167. The number of hydrogen-bond donors (Lipinski definition) is 2. The minimum atomic E-state index is -2.81. The zero-order valence-electron chi connectivity index (χ0n) is 7.08. The first-order valence-corrected chi connectivity index (χ1v) is 3.76. The molecular weight excluding hydrogens is 194 g/mol. The number of rotatable bonds is 3. The number of carbonyl (C=O) groups excluding carboxylic acids is 1. The summed E-state index contributed by atoms with van der Waals surface area (Å²) in [6, 6.07) is 1.03. The zero-order valence-corrected chi connectivity index (χ0v) is 7.08. The van der Waals surface area contributed by atoms with Crippen molar-refractivity contribution in [2.24, 2.45) is 5.73 Å². The van der Waals surface area contributed by atoms with Gasteiger partial charge in [-0.25, -0.2) is 13.8 Å². The van der Waals surface area contributed by atoms with Crippen molar-refractivity contribution >= 4 is 6.29 Å². The molecule has 1 rings (SSSR count). The summed E-state index contributed by atoms with van der Waals surface area (Å²) >= 11 is 0. The summed E-state index contributed by atoms with van der Waals surface area (Å²) in [5.74, 6) is -0.440. The van der Waals surface area contributed by atoms with Gasteiger partial charge < -0.3 is 10.8 Å². The highest BCUT2D eigenvalue weighted by atomic mass is 19.3. The fourth-order valence-corrected chi connectivity index (χ4v) is 1.01. The first-order valence-electron chi connectivity index (χ1n) is 3.76. The molecule has 1 aromatic heterocycles. The maximum Gasteiger partial charge on any atom is 0.280 e. The van der Waals surface area contributed by atoms with Crippen molar-refractivity contribution in [2.45, 2.75) is 13.0 Å². The third-order valence-electron chi connectivity index (χ3n) is 1.68. The number of aromatic nitrogens is 1. The number of carbonyl (C=O) groups is 1. The van der Waals surface area contributed by atoms with Gasteiger partial charge in [-0.05, 0) is 11.6 Å². The van der Waals surface area contributed by atoms with E-state index in [0.29, 0.717) is 0 Å². The lowest BCUT2D eigenvalue weighted by Gasteiger charge is -2.07. The number of alkyl halides is 2. The third kappa shape index (κ3) is 1.85. The summed E-state index contributed by atoms with van der Waals surface area (Å²) in [6.07, 6.45) is -2.60. The van der Waals surface area contributed by atoms with Gasteiger partial charge in [0.15, 0.2) is 6.29 Å². The molecule has 1 heterocycles. The van der Waals surface area contributed by atoms with Gasteiger partial charge in [-0.1, -0.05) is 0 Å². The molecule has 0 aliphatic carbocycles. The summed E-state index contributed by atoms with van der Waals surface area (Å²) in [5.41, 5.74) is 4.24. The molecule has 6 heteroatoms. The van der Waals surface area contributed by atoms with E-state index in [0.717, 1.165) is 6.07 Å². The number of halogens is 2. The van der Waals surface area contributed by atoms with Gasteiger partial charge in [0.05, 0.1) is 0 Å². The zero-order chi connectivity index (χ0) is 10.7. The molecule has 0 saturated carbocycles. The molecule has 0 radical (unpaired) electrons. The Hall–Kier alpha value is -1.56. The van der Waals surface area contributed by atoms with Crippen molar-refractivity contribution in [1.29, 1.82) is 0 Å². The molecule has 0 fully saturated rings. The number of aldehydes is 1. The highest BCUT2D eigenvalue weighted by Gasteiger charge is 2.17. The number of nitrogens with zero attached hydrogens (tertiary/aromatic N) is 1. The molecule has 0 bridgehead atoms. The number of hydrogen-bond acceptors (Lipinski definition) is 4. The third-order valence-corrected chi connectivity index (χ3v) is 1.68. The van der Waals surface area contributed by atoms with Crippen LogP contribution in [0, 0.1) is 0 Å². The molecule has 0 spiro atoms. The topological polar surface area (TPSA) is 76.2 Å². The quantitative estimate of drug-likeness (QED) is 0.717. The number of pyridine rings is 1. The minimum Gasteiger partial charge on any atom is -0.506 e. The van der Waals surface area contributed by atoms with Crippen LogP contribution in [-0.2, 0) is 6.54 Å². The Morgan fingerprint density at radius 1 is 1.64 bits per heavy atom. The van der Waals surface area contributed by atoms with Crippen molar-refractivity contribution in [1.82, 2.24) is 4.98 Å². The van der Waals surface area contributed by atoms with E-state index in [1.807, 2.05) is 0 Å². The highest BCUT2D eigenvalue weighted by Crippen LogP contribution is 2.25. The second kappa shape index (κ2) is 4.10. The fourth-order valence-electron chi connectivity index (χ4n) is 1.01. The predicted molar refractivity (Wildman–Crippen MR) is 44.1 cm³/mol. The molecular formula is C8H8F2N2O2. The number of aromatic hydroxyl groups is 1. The molecule has 0 aliphatic rings. The molecule has 3 N–H and O–H groups in total. The Balaban J connectivity index is 3.32. The van der Waals surface area contributed by atoms with Crippen molar-refractivity contribution in [3.05, 3.63) is 23.0 Å². The Labute approximate surface area is 78.4 Å². The van der Waals surface area contributed by atoms with Gasteiger partial charge in [-0.3, -0.25) is 4.79 Å². The summed E-state index contributed by atoms with van der Waals surface area (Å²) in [7, 11) is 0. The fraction of sp³-hybridized carbons (Fsp3) is 0.250. The van der Waals surface area contributed by atoms with E-state index in [-0.39, 0.29) is 18.4 Å². The normalized spacial score (nSPS) is 10.6. The van der Waals surface area contributed by atoms with Crippen LogP contribution in [-0.4, -0.2) is 16.4 Å². The maximum absolute atomic E-state index is 12.3. The average Bonchev–Trinajstić information content (AvgIpc) is 2.16. The summed E-state index contributed by atoms with van der Waals surface area (Å²) in [4.78, 5) is 13.6. The van der Waals surface area contributed by atoms with Crippen LogP contribution >= 0.6 is 0 Å². The molecule has 1 aromatic rings. The van der Waals surface area contributed by atoms with Gasteiger partial charge in [-0.2, -0.15) is 0 Å². The second-order valence-electron chi connectivity index (χ2n) is 2.56. The molecule has 4 nitrogen and oxygen atoms in total. The first kappa shape index (κ1) is 10.5. The van der Waals surface area contributed by atoms with Gasteiger partial charge in [0.25, 0.3) is 6.43 Å². The van der Waals surface area contributed by atoms with Crippen molar-refractivity contribution in [2.75, 3.05) is 0 Å². The van der Waals surface area contributed by atoms with E-state index in [9.17, 15) is 13.6 Å². The molecule has 0 saturated heterocycles. The Bertz CT molecular complexity index is 355. The van der Waals surface area contributed by atoms with E-state index >= 15 is 0 Å². The molecule has 0 aliphatic heterocycles. The summed E-state index contributed by atoms with van der Waals surface area (Å²) in [5, 5.41) is 9.13. The van der Waals surface area contributed by atoms with Crippen LogP contribution in [0.4, 0.5) is 8.78 Å². The van der Waals surface area contributed by atoms with Crippen LogP contribution in [0.15, 0.2) is 6.07 Å². The van der Waals surface area contributed by atoms with Gasteiger partial charge in [0, 0.05) is 6.54 Å². The van der Waals surface area contributed by atoms with Crippen LogP contribution in [0.5, 0.6) is 5.75 Å². The molecule has 76 valence electrons. The van der Waals surface area contributed by atoms with Gasteiger partial charge in [0.1, 0.15) is 17.1 Å². The van der Waals surface area contributed by atoms with Gasteiger partial charge in [0.2, 0.25) is 0 Å². The Morgan fingerprint density at radius 3 is 2.71 bits per heavy atom.